The largest absolute Gasteiger partial charge is 0.298 e. The summed E-state index contributed by atoms with van der Waals surface area (Å²) in [5.74, 6) is 0.803. The van der Waals surface area contributed by atoms with E-state index in [1.54, 1.807) is 11.8 Å². The summed E-state index contributed by atoms with van der Waals surface area (Å²) in [5, 5.41) is 0. The highest BCUT2D eigenvalue weighted by atomic mass is 32.2. The van der Waals surface area contributed by atoms with Crippen molar-refractivity contribution in [2.75, 3.05) is 5.75 Å². The van der Waals surface area contributed by atoms with E-state index in [0.717, 1.165) is 10.5 Å². The van der Waals surface area contributed by atoms with E-state index in [-0.39, 0.29) is 11.2 Å². The minimum absolute atomic E-state index is 0.158. The molecule has 0 aromatic heterocycles. The third kappa shape index (κ3) is 5.05. The summed E-state index contributed by atoms with van der Waals surface area (Å²) < 4.78 is 0. The number of thioether (sulfide) groups is 1. The van der Waals surface area contributed by atoms with Gasteiger partial charge in [-0.1, -0.05) is 63.2 Å². The van der Waals surface area contributed by atoms with Gasteiger partial charge in [-0.2, -0.15) is 0 Å². The van der Waals surface area contributed by atoms with Gasteiger partial charge < -0.3 is 0 Å². The Hall–Kier alpha value is -1.54. The molecule has 0 aliphatic rings. The SMILES string of the molecule is CC(C)(C)c1ccc(CC(=O)CSc2ccccc2)cc1. The van der Waals surface area contributed by atoms with Crippen LogP contribution in [0.15, 0.2) is 59.5 Å². The molecule has 21 heavy (non-hydrogen) atoms. The molecule has 0 atom stereocenters. The molecule has 0 amide bonds. The molecular formula is C19H22OS. The molecule has 0 aliphatic heterocycles. The Morgan fingerprint density at radius 1 is 0.952 bits per heavy atom. The van der Waals surface area contributed by atoms with Gasteiger partial charge in [0, 0.05) is 11.3 Å². The second-order valence-electron chi connectivity index (χ2n) is 6.26. The molecule has 110 valence electrons. The summed E-state index contributed by atoms with van der Waals surface area (Å²) >= 11 is 1.61. The number of rotatable bonds is 5. The Balaban J connectivity index is 1.88. The van der Waals surface area contributed by atoms with E-state index in [0.29, 0.717) is 12.2 Å². The van der Waals surface area contributed by atoms with Crippen molar-refractivity contribution in [3.63, 3.8) is 0 Å². The number of carbonyl (C=O) groups is 1. The molecule has 0 radical (unpaired) electrons. The molecule has 2 aromatic carbocycles. The summed E-state index contributed by atoms with van der Waals surface area (Å²) in [4.78, 5) is 13.2. The maximum absolute atomic E-state index is 12.0. The van der Waals surface area contributed by atoms with Crippen LogP contribution in [0.5, 0.6) is 0 Å². The number of hydrogen-bond donors (Lipinski definition) is 0. The first kappa shape index (κ1) is 15.8. The average molecular weight is 298 g/mol. The third-order valence-electron chi connectivity index (χ3n) is 3.36. The van der Waals surface area contributed by atoms with Gasteiger partial charge in [0.1, 0.15) is 5.78 Å². The van der Waals surface area contributed by atoms with Crippen molar-refractivity contribution in [2.45, 2.75) is 37.5 Å². The molecular weight excluding hydrogens is 276 g/mol. The molecule has 0 spiro atoms. The Morgan fingerprint density at radius 2 is 1.57 bits per heavy atom. The van der Waals surface area contributed by atoms with Gasteiger partial charge in [0.05, 0.1) is 5.75 Å². The highest BCUT2D eigenvalue weighted by Gasteiger charge is 2.13. The van der Waals surface area contributed by atoms with Gasteiger partial charge in [-0.15, -0.1) is 11.8 Å². The molecule has 0 bridgehead atoms. The van der Waals surface area contributed by atoms with Crippen LogP contribution >= 0.6 is 11.8 Å². The van der Waals surface area contributed by atoms with Crippen molar-refractivity contribution in [3.8, 4) is 0 Å². The fraction of sp³-hybridized carbons (Fsp3) is 0.316. The zero-order valence-corrected chi connectivity index (χ0v) is 13.7. The lowest BCUT2D eigenvalue weighted by Gasteiger charge is -2.19. The maximum atomic E-state index is 12.0. The number of Topliss-reactive ketones (excluding diaryl/α,β-unsaturated/α-hetero) is 1. The van der Waals surface area contributed by atoms with Crippen LogP contribution < -0.4 is 0 Å². The maximum Gasteiger partial charge on any atom is 0.147 e. The van der Waals surface area contributed by atoms with Gasteiger partial charge in [0.15, 0.2) is 0 Å². The minimum atomic E-state index is 0.158. The van der Waals surface area contributed by atoms with Gasteiger partial charge in [-0.3, -0.25) is 4.79 Å². The second kappa shape index (κ2) is 6.95. The molecule has 0 N–H and O–H groups in total. The highest BCUT2D eigenvalue weighted by Crippen LogP contribution is 2.23. The van der Waals surface area contributed by atoms with E-state index in [4.69, 9.17) is 0 Å². The van der Waals surface area contributed by atoms with Crippen molar-refractivity contribution >= 4 is 17.5 Å². The molecule has 0 unspecified atom stereocenters. The lowest BCUT2D eigenvalue weighted by Crippen LogP contribution is -2.11. The van der Waals surface area contributed by atoms with Gasteiger partial charge in [0.2, 0.25) is 0 Å². The van der Waals surface area contributed by atoms with Gasteiger partial charge in [-0.05, 0) is 28.7 Å². The highest BCUT2D eigenvalue weighted by molar-refractivity contribution is 8.00. The Labute approximate surface area is 131 Å². The van der Waals surface area contributed by atoms with Crippen molar-refractivity contribution in [2.24, 2.45) is 0 Å². The van der Waals surface area contributed by atoms with Crippen LogP contribution in [0.3, 0.4) is 0 Å². The zero-order valence-electron chi connectivity index (χ0n) is 12.9. The van der Waals surface area contributed by atoms with E-state index in [1.807, 2.05) is 30.3 Å². The summed E-state index contributed by atoms with van der Waals surface area (Å²) in [5.41, 5.74) is 2.56. The summed E-state index contributed by atoms with van der Waals surface area (Å²) in [7, 11) is 0. The van der Waals surface area contributed by atoms with E-state index < -0.39 is 0 Å². The molecule has 2 aromatic rings. The molecule has 0 aliphatic carbocycles. The smallest absolute Gasteiger partial charge is 0.147 e. The van der Waals surface area contributed by atoms with E-state index >= 15 is 0 Å². The third-order valence-corrected chi connectivity index (χ3v) is 4.44. The number of hydrogen-bond acceptors (Lipinski definition) is 2. The molecule has 2 heteroatoms. The average Bonchev–Trinajstić information content (AvgIpc) is 2.46. The van der Waals surface area contributed by atoms with E-state index in [1.165, 1.54) is 5.56 Å². The first-order valence-corrected chi connectivity index (χ1v) is 8.23. The van der Waals surface area contributed by atoms with E-state index in [9.17, 15) is 4.79 Å². The van der Waals surface area contributed by atoms with Crippen LogP contribution in [-0.4, -0.2) is 11.5 Å². The summed E-state index contributed by atoms with van der Waals surface area (Å²) in [6, 6.07) is 18.5. The Kier molecular flexibility index (Phi) is 5.24. The van der Waals surface area contributed by atoms with Gasteiger partial charge in [-0.25, -0.2) is 0 Å². The molecule has 0 saturated carbocycles. The first-order valence-electron chi connectivity index (χ1n) is 7.24. The monoisotopic (exact) mass is 298 g/mol. The minimum Gasteiger partial charge on any atom is -0.298 e. The van der Waals surface area contributed by atoms with Crippen LogP contribution in [0.1, 0.15) is 31.9 Å². The summed E-state index contributed by atoms with van der Waals surface area (Å²) in [6.07, 6.45) is 0.518. The quantitative estimate of drug-likeness (QED) is 0.731. The normalized spacial score (nSPS) is 11.4. The van der Waals surface area contributed by atoms with E-state index in [2.05, 4.69) is 45.0 Å². The van der Waals surface area contributed by atoms with Crippen molar-refractivity contribution < 1.29 is 4.79 Å². The van der Waals surface area contributed by atoms with Crippen molar-refractivity contribution in [1.29, 1.82) is 0 Å². The molecule has 0 saturated heterocycles. The predicted molar refractivity (Wildman–Crippen MR) is 91.0 cm³/mol. The van der Waals surface area contributed by atoms with Crippen LogP contribution in [0.2, 0.25) is 0 Å². The van der Waals surface area contributed by atoms with Crippen LogP contribution in [0.4, 0.5) is 0 Å². The fourth-order valence-corrected chi connectivity index (χ4v) is 2.86. The number of ketones is 1. The zero-order chi connectivity index (χ0) is 15.3. The first-order chi connectivity index (χ1) is 9.95. The van der Waals surface area contributed by atoms with Crippen LogP contribution in [0.25, 0.3) is 0 Å². The molecule has 2 rings (SSSR count). The van der Waals surface area contributed by atoms with Crippen LogP contribution in [0, 0.1) is 0 Å². The predicted octanol–water partition coefficient (Wildman–Crippen LogP) is 4.89. The van der Waals surface area contributed by atoms with Crippen LogP contribution in [-0.2, 0) is 16.6 Å². The standard InChI is InChI=1S/C19H22OS/c1-19(2,3)16-11-9-15(10-12-16)13-17(20)14-21-18-7-5-4-6-8-18/h4-12H,13-14H2,1-3H3. The molecule has 0 fully saturated rings. The Bertz CT molecular complexity index is 579. The second-order valence-corrected chi connectivity index (χ2v) is 7.31. The Morgan fingerprint density at radius 3 is 2.14 bits per heavy atom. The fourth-order valence-electron chi connectivity index (χ4n) is 2.08. The lowest BCUT2D eigenvalue weighted by molar-refractivity contribution is -0.116. The number of carbonyl (C=O) groups excluding carboxylic acids is 1. The van der Waals surface area contributed by atoms with Crippen molar-refractivity contribution in [1.82, 2.24) is 0 Å². The molecule has 0 heterocycles. The topological polar surface area (TPSA) is 17.1 Å². The number of benzene rings is 2. The van der Waals surface area contributed by atoms with Gasteiger partial charge in [0.25, 0.3) is 0 Å². The lowest BCUT2D eigenvalue weighted by atomic mass is 9.86. The van der Waals surface area contributed by atoms with Gasteiger partial charge >= 0.3 is 0 Å². The summed E-state index contributed by atoms with van der Waals surface area (Å²) in [6.45, 7) is 6.59. The molecule has 1 nitrogen and oxygen atoms in total. The van der Waals surface area contributed by atoms with Crippen molar-refractivity contribution in [3.05, 3.63) is 65.7 Å².